The van der Waals surface area contributed by atoms with E-state index in [0.717, 1.165) is 32.5 Å². The smallest absolute Gasteiger partial charge is 0.326 e. The molecule has 126 valence electrons. The minimum Gasteiger partial charge on any atom is -0.465 e. The molecule has 0 saturated heterocycles. The number of carbonyl (C=O) groups excluding carboxylic acids is 1. The van der Waals surface area contributed by atoms with Gasteiger partial charge in [-0.05, 0) is 73.0 Å². The van der Waals surface area contributed by atoms with E-state index < -0.39 is 5.54 Å². The van der Waals surface area contributed by atoms with Crippen molar-refractivity contribution in [2.75, 3.05) is 26.2 Å². The Bertz CT molecular complexity index is 276. The SMILES string of the molecule is CCCN(CCC)CCCC(C)(NC(C)C)C(=O)OCC. The lowest BCUT2D eigenvalue weighted by Gasteiger charge is -2.31. The highest BCUT2D eigenvalue weighted by molar-refractivity contribution is 5.80. The zero-order valence-electron chi connectivity index (χ0n) is 15.0. The summed E-state index contributed by atoms with van der Waals surface area (Å²) in [6.07, 6.45) is 4.18. The van der Waals surface area contributed by atoms with Crippen LogP contribution < -0.4 is 5.32 Å². The molecule has 0 radical (unpaired) electrons. The molecule has 0 aliphatic rings. The van der Waals surface area contributed by atoms with Gasteiger partial charge in [-0.2, -0.15) is 0 Å². The first-order valence-electron chi connectivity index (χ1n) is 8.56. The number of nitrogens with zero attached hydrogens (tertiary/aromatic N) is 1. The van der Waals surface area contributed by atoms with E-state index >= 15 is 0 Å². The molecular formula is C17H36N2O2. The summed E-state index contributed by atoms with van der Waals surface area (Å²) >= 11 is 0. The zero-order chi connectivity index (χ0) is 16.3. The summed E-state index contributed by atoms with van der Waals surface area (Å²) in [6, 6.07) is 0.266. The van der Waals surface area contributed by atoms with Crippen molar-refractivity contribution in [3.8, 4) is 0 Å². The number of carbonyl (C=O) groups is 1. The molecule has 0 heterocycles. The van der Waals surface area contributed by atoms with Crippen molar-refractivity contribution in [1.29, 1.82) is 0 Å². The molecule has 1 unspecified atom stereocenters. The number of ether oxygens (including phenoxy) is 1. The van der Waals surface area contributed by atoms with Crippen molar-refractivity contribution in [1.82, 2.24) is 10.2 Å². The zero-order valence-corrected chi connectivity index (χ0v) is 15.0. The lowest BCUT2D eigenvalue weighted by Crippen LogP contribution is -2.53. The van der Waals surface area contributed by atoms with Gasteiger partial charge in [-0.25, -0.2) is 0 Å². The second-order valence-electron chi connectivity index (χ2n) is 6.30. The molecule has 21 heavy (non-hydrogen) atoms. The van der Waals surface area contributed by atoms with Gasteiger partial charge in [0.05, 0.1) is 6.61 Å². The molecule has 0 aromatic rings. The van der Waals surface area contributed by atoms with Gasteiger partial charge in [0.1, 0.15) is 5.54 Å². The van der Waals surface area contributed by atoms with Gasteiger partial charge in [0.25, 0.3) is 0 Å². The molecular weight excluding hydrogens is 264 g/mol. The summed E-state index contributed by atoms with van der Waals surface area (Å²) in [6.45, 7) is 16.2. The van der Waals surface area contributed by atoms with Crippen molar-refractivity contribution in [3.63, 3.8) is 0 Å². The normalized spacial score (nSPS) is 14.5. The molecule has 0 amide bonds. The maximum Gasteiger partial charge on any atom is 0.326 e. The first kappa shape index (κ1) is 20.4. The summed E-state index contributed by atoms with van der Waals surface area (Å²) in [5.74, 6) is -0.128. The van der Waals surface area contributed by atoms with E-state index in [4.69, 9.17) is 4.74 Å². The van der Waals surface area contributed by atoms with Crippen LogP contribution in [0.25, 0.3) is 0 Å². The second-order valence-corrected chi connectivity index (χ2v) is 6.30. The van der Waals surface area contributed by atoms with Crippen LogP contribution in [0.2, 0.25) is 0 Å². The minimum atomic E-state index is -0.575. The lowest BCUT2D eigenvalue weighted by molar-refractivity contribution is -0.151. The van der Waals surface area contributed by atoms with Crippen molar-refractivity contribution >= 4 is 5.97 Å². The Kier molecular flexibility index (Phi) is 10.7. The van der Waals surface area contributed by atoms with E-state index in [0.29, 0.717) is 6.61 Å². The third-order valence-corrected chi connectivity index (χ3v) is 3.56. The first-order valence-corrected chi connectivity index (χ1v) is 8.56. The molecule has 1 atom stereocenters. The average molecular weight is 300 g/mol. The minimum absolute atomic E-state index is 0.128. The number of nitrogens with one attached hydrogen (secondary N) is 1. The highest BCUT2D eigenvalue weighted by Gasteiger charge is 2.34. The Balaban J connectivity index is 4.49. The van der Waals surface area contributed by atoms with E-state index in [2.05, 4.69) is 37.9 Å². The van der Waals surface area contributed by atoms with E-state index in [9.17, 15) is 4.79 Å². The van der Waals surface area contributed by atoms with Crippen molar-refractivity contribution in [3.05, 3.63) is 0 Å². The summed E-state index contributed by atoms with van der Waals surface area (Å²) in [7, 11) is 0. The molecule has 0 spiro atoms. The fourth-order valence-electron chi connectivity index (χ4n) is 2.78. The molecule has 0 rings (SSSR count). The summed E-state index contributed by atoms with van der Waals surface area (Å²) in [5, 5.41) is 3.39. The fraction of sp³-hybridized carbons (Fsp3) is 0.941. The maximum absolute atomic E-state index is 12.2. The Morgan fingerprint density at radius 3 is 2.14 bits per heavy atom. The topological polar surface area (TPSA) is 41.6 Å². The van der Waals surface area contributed by atoms with Crippen molar-refractivity contribution in [2.45, 2.75) is 78.8 Å². The Morgan fingerprint density at radius 1 is 1.14 bits per heavy atom. The molecule has 0 bridgehead atoms. The lowest BCUT2D eigenvalue weighted by atomic mass is 9.94. The number of rotatable bonds is 12. The molecule has 0 aromatic heterocycles. The molecule has 1 N–H and O–H groups in total. The fourth-order valence-corrected chi connectivity index (χ4v) is 2.78. The molecule has 4 nitrogen and oxygen atoms in total. The number of hydrogen-bond donors (Lipinski definition) is 1. The third kappa shape index (κ3) is 8.42. The van der Waals surface area contributed by atoms with Gasteiger partial charge in [-0.3, -0.25) is 10.1 Å². The molecule has 0 aliphatic heterocycles. The van der Waals surface area contributed by atoms with E-state index in [1.807, 2.05) is 13.8 Å². The standard InChI is InChI=1S/C17H36N2O2/c1-7-12-19(13-8-2)14-10-11-17(6,18-15(4)5)16(20)21-9-3/h15,18H,7-14H2,1-6H3. The van der Waals surface area contributed by atoms with Crippen LogP contribution >= 0.6 is 0 Å². The van der Waals surface area contributed by atoms with E-state index in [1.165, 1.54) is 12.8 Å². The van der Waals surface area contributed by atoms with Crippen molar-refractivity contribution in [2.24, 2.45) is 0 Å². The molecule has 4 heteroatoms. The Labute approximate surface area is 131 Å². The van der Waals surface area contributed by atoms with E-state index in [1.54, 1.807) is 0 Å². The van der Waals surface area contributed by atoms with Crippen LogP contribution in [0.1, 0.15) is 67.2 Å². The third-order valence-electron chi connectivity index (χ3n) is 3.56. The molecule has 0 aromatic carbocycles. The van der Waals surface area contributed by atoms with Crippen LogP contribution in [-0.4, -0.2) is 48.7 Å². The van der Waals surface area contributed by atoms with Gasteiger partial charge < -0.3 is 9.64 Å². The van der Waals surface area contributed by atoms with Gasteiger partial charge in [0, 0.05) is 6.04 Å². The number of esters is 1. The van der Waals surface area contributed by atoms with Crippen LogP contribution in [0, 0.1) is 0 Å². The predicted molar refractivity (Wildman–Crippen MR) is 89.6 cm³/mol. The van der Waals surface area contributed by atoms with Gasteiger partial charge in [0.2, 0.25) is 0 Å². The van der Waals surface area contributed by atoms with Crippen LogP contribution in [0.4, 0.5) is 0 Å². The van der Waals surface area contributed by atoms with E-state index in [-0.39, 0.29) is 12.0 Å². The number of hydrogen-bond acceptors (Lipinski definition) is 4. The van der Waals surface area contributed by atoms with Gasteiger partial charge in [0.15, 0.2) is 0 Å². The first-order chi connectivity index (χ1) is 9.89. The quantitative estimate of drug-likeness (QED) is 0.562. The Hall–Kier alpha value is -0.610. The molecule has 0 aliphatic carbocycles. The predicted octanol–water partition coefficient (Wildman–Crippen LogP) is 3.21. The summed E-state index contributed by atoms with van der Waals surface area (Å²) in [5.41, 5.74) is -0.575. The Morgan fingerprint density at radius 2 is 1.71 bits per heavy atom. The molecule has 0 saturated carbocycles. The highest BCUT2D eigenvalue weighted by atomic mass is 16.5. The average Bonchev–Trinajstić information content (AvgIpc) is 2.38. The largest absolute Gasteiger partial charge is 0.465 e. The monoisotopic (exact) mass is 300 g/mol. The van der Waals surface area contributed by atoms with Crippen LogP contribution in [0.5, 0.6) is 0 Å². The van der Waals surface area contributed by atoms with Crippen LogP contribution in [0.15, 0.2) is 0 Å². The molecule has 0 fully saturated rings. The maximum atomic E-state index is 12.2. The van der Waals surface area contributed by atoms with Crippen molar-refractivity contribution < 1.29 is 9.53 Å². The van der Waals surface area contributed by atoms with Gasteiger partial charge >= 0.3 is 5.97 Å². The van der Waals surface area contributed by atoms with Crippen LogP contribution in [0.3, 0.4) is 0 Å². The summed E-state index contributed by atoms with van der Waals surface area (Å²) < 4.78 is 5.25. The highest BCUT2D eigenvalue weighted by Crippen LogP contribution is 2.16. The second kappa shape index (κ2) is 11.0. The van der Waals surface area contributed by atoms with Gasteiger partial charge in [-0.1, -0.05) is 13.8 Å². The van der Waals surface area contributed by atoms with Crippen LogP contribution in [-0.2, 0) is 9.53 Å². The summed E-state index contributed by atoms with van der Waals surface area (Å²) in [4.78, 5) is 14.7. The van der Waals surface area contributed by atoms with Gasteiger partial charge in [-0.15, -0.1) is 0 Å².